The highest BCUT2D eigenvalue weighted by atomic mass is 35.5. The third-order valence-corrected chi connectivity index (χ3v) is 5.97. The molecule has 1 N–H and O–H groups in total. The molecule has 0 radical (unpaired) electrons. The van der Waals surface area contributed by atoms with Crippen LogP contribution in [0.1, 0.15) is 6.92 Å². The van der Waals surface area contributed by atoms with Crippen LogP contribution in [-0.4, -0.2) is 59.3 Å². The second-order valence-corrected chi connectivity index (χ2v) is 8.19. The first-order valence-electron chi connectivity index (χ1n) is 9.66. The number of hydrogen-bond donors (Lipinski definition) is 1. The summed E-state index contributed by atoms with van der Waals surface area (Å²) >= 11 is 7.52. The Bertz CT molecular complexity index is 1000. The molecule has 0 aliphatic carbocycles. The Hall–Kier alpha value is -2.38. The van der Waals surface area contributed by atoms with Gasteiger partial charge in [-0.3, -0.25) is 4.79 Å². The predicted molar refractivity (Wildman–Crippen MR) is 118 cm³/mol. The van der Waals surface area contributed by atoms with Crippen molar-refractivity contribution in [3.63, 3.8) is 0 Å². The van der Waals surface area contributed by atoms with Crippen molar-refractivity contribution in [3.8, 4) is 5.75 Å². The number of aromatic nitrogens is 2. The Morgan fingerprint density at radius 1 is 1.21 bits per heavy atom. The summed E-state index contributed by atoms with van der Waals surface area (Å²) in [6, 6.07) is 13.6. The van der Waals surface area contributed by atoms with Crippen LogP contribution in [0.2, 0.25) is 5.02 Å². The van der Waals surface area contributed by atoms with E-state index < -0.39 is 0 Å². The summed E-state index contributed by atoms with van der Waals surface area (Å²) in [6.07, 6.45) is 0. The molecular weight excluding hydrogens is 408 g/mol. The van der Waals surface area contributed by atoms with Crippen LogP contribution < -0.4 is 9.64 Å². The number of halogens is 1. The van der Waals surface area contributed by atoms with Crippen LogP contribution in [0.3, 0.4) is 0 Å². The first-order valence-corrected chi connectivity index (χ1v) is 11.0. The summed E-state index contributed by atoms with van der Waals surface area (Å²) in [6.45, 7) is 5.62. The van der Waals surface area contributed by atoms with Crippen LogP contribution in [0, 0.1) is 0 Å². The molecule has 1 aliphatic rings. The zero-order chi connectivity index (χ0) is 20.2. The van der Waals surface area contributed by atoms with E-state index in [1.807, 2.05) is 48.2 Å². The second-order valence-electron chi connectivity index (χ2n) is 6.79. The van der Waals surface area contributed by atoms with E-state index in [2.05, 4.69) is 20.9 Å². The van der Waals surface area contributed by atoms with E-state index in [1.165, 1.54) is 11.8 Å². The fourth-order valence-electron chi connectivity index (χ4n) is 3.40. The Labute approximate surface area is 179 Å². The number of amides is 1. The summed E-state index contributed by atoms with van der Waals surface area (Å²) in [4.78, 5) is 24.6. The molecule has 1 aromatic heterocycles. The summed E-state index contributed by atoms with van der Waals surface area (Å²) in [5.74, 6) is 1.32. The third kappa shape index (κ3) is 4.79. The van der Waals surface area contributed by atoms with Gasteiger partial charge >= 0.3 is 0 Å². The highest BCUT2D eigenvalue weighted by molar-refractivity contribution is 7.99. The number of benzene rings is 2. The number of ether oxygens (including phenoxy) is 1. The molecule has 0 saturated carbocycles. The normalized spacial score (nSPS) is 14.4. The Morgan fingerprint density at radius 3 is 2.79 bits per heavy atom. The van der Waals surface area contributed by atoms with Crippen LogP contribution in [-0.2, 0) is 4.79 Å². The zero-order valence-corrected chi connectivity index (χ0v) is 17.8. The van der Waals surface area contributed by atoms with Crippen molar-refractivity contribution in [2.75, 3.05) is 43.4 Å². The van der Waals surface area contributed by atoms with E-state index in [-0.39, 0.29) is 5.91 Å². The molecule has 1 fully saturated rings. The van der Waals surface area contributed by atoms with Crippen molar-refractivity contribution in [2.24, 2.45) is 0 Å². The number of hydrogen-bond acceptors (Lipinski definition) is 5. The molecule has 1 aliphatic heterocycles. The average Bonchev–Trinajstić information content (AvgIpc) is 3.14. The average molecular weight is 431 g/mol. The quantitative estimate of drug-likeness (QED) is 0.597. The minimum atomic E-state index is 0.135. The number of nitrogens with zero attached hydrogens (tertiary/aromatic N) is 3. The molecule has 3 aromatic rings. The topological polar surface area (TPSA) is 61.5 Å². The Kier molecular flexibility index (Phi) is 6.16. The molecule has 0 spiro atoms. The fourth-order valence-corrected chi connectivity index (χ4v) is 4.37. The smallest absolute Gasteiger partial charge is 0.233 e. The lowest BCUT2D eigenvalue weighted by Crippen LogP contribution is -2.49. The molecule has 0 unspecified atom stereocenters. The van der Waals surface area contributed by atoms with Crippen LogP contribution in [0.5, 0.6) is 5.75 Å². The number of nitrogens with one attached hydrogen (secondary N) is 1. The van der Waals surface area contributed by atoms with Gasteiger partial charge in [0.25, 0.3) is 0 Å². The summed E-state index contributed by atoms with van der Waals surface area (Å²) in [5, 5.41) is 1.48. The number of imidazole rings is 1. The zero-order valence-electron chi connectivity index (χ0n) is 16.2. The maximum atomic E-state index is 12.6. The lowest BCUT2D eigenvalue weighted by Gasteiger charge is -2.36. The van der Waals surface area contributed by atoms with Gasteiger partial charge in [0.1, 0.15) is 5.75 Å². The summed E-state index contributed by atoms with van der Waals surface area (Å²) in [7, 11) is 0. The maximum absolute atomic E-state index is 12.6. The predicted octanol–water partition coefficient (Wildman–Crippen LogP) is 4.06. The first kappa shape index (κ1) is 19.9. The van der Waals surface area contributed by atoms with Crippen LogP contribution in [0.4, 0.5) is 5.69 Å². The van der Waals surface area contributed by atoms with Crippen LogP contribution in [0.15, 0.2) is 47.6 Å². The fraction of sp³-hybridized carbons (Fsp3) is 0.333. The van der Waals surface area contributed by atoms with Gasteiger partial charge in [0.2, 0.25) is 5.91 Å². The highest BCUT2D eigenvalue weighted by Gasteiger charge is 2.21. The van der Waals surface area contributed by atoms with E-state index in [0.29, 0.717) is 25.4 Å². The summed E-state index contributed by atoms with van der Waals surface area (Å²) < 4.78 is 5.52. The molecule has 1 saturated heterocycles. The highest BCUT2D eigenvalue weighted by Crippen LogP contribution is 2.24. The number of rotatable bonds is 6. The van der Waals surface area contributed by atoms with Crippen molar-refractivity contribution in [1.82, 2.24) is 14.9 Å². The van der Waals surface area contributed by atoms with Gasteiger partial charge in [0, 0.05) is 43.0 Å². The molecule has 0 atom stereocenters. The molecule has 4 rings (SSSR count). The van der Waals surface area contributed by atoms with Crippen molar-refractivity contribution < 1.29 is 9.53 Å². The lowest BCUT2D eigenvalue weighted by atomic mass is 10.2. The molecule has 0 bridgehead atoms. The van der Waals surface area contributed by atoms with Gasteiger partial charge in [-0.05, 0) is 37.3 Å². The van der Waals surface area contributed by atoms with E-state index in [4.69, 9.17) is 16.3 Å². The molecule has 8 heteroatoms. The number of H-pyrrole nitrogens is 1. The molecule has 152 valence electrons. The molecule has 2 aromatic carbocycles. The molecule has 2 heterocycles. The molecular formula is C21H23ClN4O2S. The van der Waals surface area contributed by atoms with Gasteiger partial charge in [-0.25, -0.2) is 4.98 Å². The standard InChI is InChI=1S/C21H23ClN4O2S/c1-2-28-17-6-7-18-19(13-17)24-21(23-18)29-14-20(27)26-10-8-25(9-11-26)16-5-3-4-15(22)12-16/h3-7,12-13H,2,8-11,14H2,1H3,(H,23,24). The van der Waals surface area contributed by atoms with E-state index in [0.717, 1.165) is 45.7 Å². The third-order valence-electron chi connectivity index (χ3n) is 4.88. The largest absolute Gasteiger partial charge is 0.494 e. The van der Waals surface area contributed by atoms with Crippen LogP contribution in [0.25, 0.3) is 11.0 Å². The molecule has 1 amide bonds. The lowest BCUT2D eigenvalue weighted by molar-refractivity contribution is -0.128. The van der Waals surface area contributed by atoms with E-state index >= 15 is 0 Å². The Morgan fingerprint density at radius 2 is 2.03 bits per heavy atom. The number of anilines is 1. The van der Waals surface area contributed by atoms with Crippen molar-refractivity contribution >= 4 is 46.0 Å². The second kappa shape index (κ2) is 8.97. The first-order chi connectivity index (χ1) is 14.1. The number of piperazine rings is 1. The van der Waals surface area contributed by atoms with Gasteiger partial charge in [-0.2, -0.15) is 0 Å². The van der Waals surface area contributed by atoms with Crippen molar-refractivity contribution in [3.05, 3.63) is 47.5 Å². The number of carbonyl (C=O) groups excluding carboxylic acids is 1. The number of aromatic amines is 1. The van der Waals surface area contributed by atoms with Gasteiger partial charge in [0.05, 0.1) is 23.4 Å². The number of fused-ring (bicyclic) bond motifs is 1. The minimum Gasteiger partial charge on any atom is -0.494 e. The molecule has 6 nitrogen and oxygen atoms in total. The van der Waals surface area contributed by atoms with Gasteiger partial charge in [0.15, 0.2) is 5.16 Å². The van der Waals surface area contributed by atoms with Gasteiger partial charge < -0.3 is 19.5 Å². The SMILES string of the molecule is CCOc1ccc2nc(SCC(=O)N3CCN(c4cccc(Cl)c4)CC3)[nH]c2c1. The van der Waals surface area contributed by atoms with Crippen molar-refractivity contribution in [1.29, 1.82) is 0 Å². The maximum Gasteiger partial charge on any atom is 0.233 e. The van der Waals surface area contributed by atoms with Gasteiger partial charge in [-0.15, -0.1) is 0 Å². The van der Waals surface area contributed by atoms with Gasteiger partial charge in [-0.1, -0.05) is 29.4 Å². The summed E-state index contributed by atoms with van der Waals surface area (Å²) in [5.41, 5.74) is 2.90. The minimum absolute atomic E-state index is 0.135. The number of carbonyl (C=O) groups is 1. The van der Waals surface area contributed by atoms with E-state index in [1.54, 1.807) is 0 Å². The monoisotopic (exact) mass is 430 g/mol. The number of thioether (sulfide) groups is 1. The molecule has 29 heavy (non-hydrogen) atoms. The van der Waals surface area contributed by atoms with Crippen LogP contribution >= 0.6 is 23.4 Å². The van der Waals surface area contributed by atoms with E-state index in [9.17, 15) is 4.79 Å². The van der Waals surface area contributed by atoms with Crippen molar-refractivity contribution in [2.45, 2.75) is 12.1 Å². The Balaban J connectivity index is 1.30.